The summed E-state index contributed by atoms with van der Waals surface area (Å²) < 4.78 is 7.06. The molecule has 21 heavy (non-hydrogen) atoms. The molecule has 1 aromatic heterocycles. The predicted octanol–water partition coefficient (Wildman–Crippen LogP) is 3.78. The van der Waals surface area contributed by atoms with Crippen molar-refractivity contribution in [2.45, 2.75) is 56.1 Å². The Labute approximate surface area is 136 Å². The van der Waals surface area contributed by atoms with Crippen molar-refractivity contribution in [1.29, 1.82) is 0 Å². The highest BCUT2D eigenvalue weighted by Gasteiger charge is 2.22. The zero-order valence-corrected chi connectivity index (χ0v) is 14.9. The molecule has 3 atom stereocenters. The largest absolute Gasteiger partial charge is 0.388 e. The van der Waals surface area contributed by atoms with E-state index in [1.165, 1.54) is 10.6 Å². The molecule has 120 valence electrons. The molecule has 1 aromatic rings. The lowest BCUT2D eigenvalue weighted by atomic mass is 10.1. The van der Waals surface area contributed by atoms with Crippen molar-refractivity contribution in [3.63, 3.8) is 0 Å². The zero-order valence-electron chi connectivity index (χ0n) is 13.2. The molecule has 3 nitrogen and oxygen atoms in total. The average Bonchev–Trinajstić information content (AvgIpc) is 2.90. The van der Waals surface area contributed by atoms with Gasteiger partial charge < -0.3 is 9.84 Å². The van der Waals surface area contributed by atoms with Gasteiger partial charge in [-0.2, -0.15) is 0 Å². The monoisotopic (exact) mass is 329 g/mol. The van der Waals surface area contributed by atoms with Crippen LogP contribution in [0.4, 0.5) is 0 Å². The van der Waals surface area contributed by atoms with E-state index < -0.39 is 0 Å². The molecule has 0 radical (unpaired) electrons. The third-order valence-corrected chi connectivity index (χ3v) is 6.21. The van der Waals surface area contributed by atoms with Crippen LogP contribution in [0.3, 0.4) is 0 Å². The molecule has 3 unspecified atom stereocenters. The number of morpholine rings is 1. The molecular weight excluding hydrogens is 302 g/mol. The van der Waals surface area contributed by atoms with Gasteiger partial charge in [0.05, 0.1) is 22.5 Å². The molecule has 0 bridgehead atoms. The van der Waals surface area contributed by atoms with Gasteiger partial charge in [0.25, 0.3) is 0 Å². The minimum atomic E-state index is -0.334. The molecule has 1 aliphatic heterocycles. The van der Waals surface area contributed by atoms with Crippen LogP contribution in [-0.4, -0.2) is 47.6 Å². The molecule has 0 saturated carbocycles. The van der Waals surface area contributed by atoms with E-state index in [4.69, 9.17) is 4.74 Å². The Bertz CT molecular complexity index is 414. The summed E-state index contributed by atoms with van der Waals surface area (Å²) in [6.07, 6.45) is 2.25. The van der Waals surface area contributed by atoms with Crippen LogP contribution in [0.25, 0.3) is 0 Å². The number of aliphatic hydroxyl groups excluding tert-OH is 1. The van der Waals surface area contributed by atoms with E-state index in [0.29, 0.717) is 12.2 Å². The highest BCUT2D eigenvalue weighted by Crippen LogP contribution is 2.32. The Morgan fingerprint density at radius 1 is 1.38 bits per heavy atom. The van der Waals surface area contributed by atoms with Gasteiger partial charge in [-0.1, -0.05) is 6.92 Å². The van der Waals surface area contributed by atoms with Crippen molar-refractivity contribution >= 4 is 23.1 Å². The van der Waals surface area contributed by atoms with Crippen LogP contribution < -0.4 is 0 Å². The van der Waals surface area contributed by atoms with E-state index in [-0.39, 0.29) is 6.10 Å². The highest BCUT2D eigenvalue weighted by atomic mass is 32.2. The third kappa shape index (κ3) is 5.57. The summed E-state index contributed by atoms with van der Waals surface area (Å²) in [5.41, 5.74) is 0. The lowest BCUT2D eigenvalue weighted by Gasteiger charge is -2.35. The summed E-state index contributed by atoms with van der Waals surface area (Å²) in [5.74, 6) is 1.15. The molecule has 5 heteroatoms. The standard InChI is InChI=1S/C16H27NO2S2/c1-4-9-20-16-6-5-15(21-16)14(18)7-8-17-10-12(2)19-13(3)11-17/h5-6,12-14,18H,4,7-11H2,1-3H3. The molecule has 1 aliphatic rings. The van der Waals surface area contributed by atoms with Gasteiger partial charge in [-0.15, -0.1) is 23.1 Å². The molecule has 1 saturated heterocycles. The first-order valence-electron chi connectivity index (χ1n) is 7.87. The number of nitrogens with zero attached hydrogens (tertiary/aromatic N) is 1. The van der Waals surface area contributed by atoms with Crippen LogP contribution in [0.1, 0.15) is 44.6 Å². The summed E-state index contributed by atoms with van der Waals surface area (Å²) in [5, 5.41) is 10.4. The van der Waals surface area contributed by atoms with Crippen LogP contribution in [0.15, 0.2) is 16.3 Å². The minimum Gasteiger partial charge on any atom is -0.388 e. The summed E-state index contributed by atoms with van der Waals surface area (Å²) in [7, 11) is 0. The number of aliphatic hydroxyl groups is 1. The number of thioether (sulfide) groups is 1. The number of hydrogen-bond donors (Lipinski definition) is 1. The fourth-order valence-corrected chi connectivity index (χ4v) is 4.81. The lowest BCUT2D eigenvalue weighted by Crippen LogP contribution is -2.45. The molecule has 1 N–H and O–H groups in total. The second kappa shape index (κ2) is 8.53. The number of hydrogen-bond acceptors (Lipinski definition) is 5. The summed E-state index contributed by atoms with van der Waals surface area (Å²) in [6.45, 7) is 9.32. The third-order valence-electron chi connectivity index (χ3n) is 3.59. The van der Waals surface area contributed by atoms with Gasteiger partial charge in [0.2, 0.25) is 0 Å². The highest BCUT2D eigenvalue weighted by molar-refractivity contribution is 8.01. The Morgan fingerprint density at radius 3 is 2.76 bits per heavy atom. The fraction of sp³-hybridized carbons (Fsp3) is 0.750. The maximum absolute atomic E-state index is 10.4. The summed E-state index contributed by atoms with van der Waals surface area (Å²) in [6, 6.07) is 4.22. The van der Waals surface area contributed by atoms with Crippen LogP contribution in [0.5, 0.6) is 0 Å². The number of thiophene rings is 1. The Kier molecular flexibility index (Phi) is 7.02. The predicted molar refractivity (Wildman–Crippen MR) is 91.4 cm³/mol. The smallest absolute Gasteiger partial charge is 0.0894 e. The second-order valence-electron chi connectivity index (χ2n) is 5.83. The first-order chi connectivity index (χ1) is 10.1. The van der Waals surface area contributed by atoms with E-state index in [1.54, 1.807) is 11.3 Å². The zero-order chi connectivity index (χ0) is 15.2. The van der Waals surface area contributed by atoms with Crippen molar-refractivity contribution in [1.82, 2.24) is 4.90 Å². The lowest BCUT2D eigenvalue weighted by molar-refractivity contribution is -0.0702. The van der Waals surface area contributed by atoms with E-state index in [9.17, 15) is 5.11 Å². The average molecular weight is 330 g/mol. The van der Waals surface area contributed by atoms with Gasteiger partial charge in [-0.05, 0) is 44.6 Å². The normalized spacial score (nSPS) is 25.1. The maximum atomic E-state index is 10.4. The number of rotatable bonds is 7. The first kappa shape index (κ1) is 17.3. The van der Waals surface area contributed by atoms with Crippen LogP contribution in [0, 0.1) is 0 Å². The van der Waals surface area contributed by atoms with Gasteiger partial charge in [-0.25, -0.2) is 0 Å². The summed E-state index contributed by atoms with van der Waals surface area (Å²) in [4.78, 5) is 3.51. The molecule has 0 amide bonds. The van der Waals surface area contributed by atoms with E-state index in [0.717, 1.165) is 36.7 Å². The Balaban J connectivity index is 1.78. The molecule has 0 aromatic carbocycles. The quantitative estimate of drug-likeness (QED) is 0.772. The first-order valence-corrected chi connectivity index (χ1v) is 9.67. The van der Waals surface area contributed by atoms with Gasteiger partial charge in [0.15, 0.2) is 0 Å². The van der Waals surface area contributed by atoms with Crippen molar-refractivity contribution in [2.24, 2.45) is 0 Å². The summed E-state index contributed by atoms with van der Waals surface area (Å²) >= 11 is 3.62. The second-order valence-corrected chi connectivity index (χ2v) is 8.34. The van der Waals surface area contributed by atoms with Crippen LogP contribution >= 0.6 is 23.1 Å². The molecule has 2 heterocycles. The van der Waals surface area contributed by atoms with E-state index in [1.807, 2.05) is 11.8 Å². The van der Waals surface area contributed by atoms with Gasteiger partial charge >= 0.3 is 0 Å². The van der Waals surface area contributed by atoms with E-state index >= 15 is 0 Å². The van der Waals surface area contributed by atoms with Crippen LogP contribution in [-0.2, 0) is 4.74 Å². The Hall–Kier alpha value is -0.0700. The molecular formula is C16H27NO2S2. The SMILES string of the molecule is CCCSc1ccc(C(O)CCN2CC(C)OC(C)C2)s1. The van der Waals surface area contributed by atoms with Crippen LogP contribution in [0.2, 0.25) is 0 Å². The van der Waals surface area contributed by atoms with Crippen molar-refractivity contribution < 1.29 is 9.84 Å². The fourth-order valence-electron chi connectivity index (χ4n) is 2.71. The molecule has 2 rings (SSSR count). The van der Waals surface area contributed by atoms with E-state index in [2.05, 4.69) is 37.8 Å². The molecule has 1 fully saturated rings. The van der Waals surface area contributed by atoms with Crippen molar-refractivity contribution in [3.05, 3.63) is 17.0 Å². The number of ether oxygens (including phenoxy) is 1. The van der Waals surface area contributed by atoms with Gasteiger partial charge in [-0.3, -0.25) is 4.90 Å². The van der Waals surface area contributed by atoms with Gasteiger partial charge in [0.1, 0.15) is 0 Å². The molecule has 0 spiro atoms. The van der Waals surface area contributed by atoms with Crippen molar-refractivity contribution in [2.75, 3.05) is 25.4 Å². The Morgan fingerprint density at radius 2 is 2.10 bits per heavy atom. The topological polar surface area (TPSA) is 32.7 Å². The minimum absolute atomic E-state index is 0.296. The molecule has 0 aliphatic carbocycles. The maximum Gasteiger partial charge on any atom is 0.0894 e. The van der Waals surface area contributed by atoms with Gasteiger partial charge in [0, 0.05) is 24.5 Å². The van der Waals surface area contributed by atoms with Crippen molar-refractivity contribution in [3.8, 4) is 0 Å².